The van der Waals surface area contributed by atoms with Crippen molar-refractivity contribution in [2.45, 2.75) is 65.7 Å². The van der Waals surface area contributed by atoms with Gasteiger partial charge >= 0.3 is 0 Å². The number of oxazole rings is 1. The molecule has 1 heterocycles. The zero-order valence-corrected chi connectivity index (χ0v) is 11.5. The summed E-state index contributed by atoms with van der Waals surface area (Å²) in [6.45, 7) is 6.77. The van der Waals surface area contributed by atoms with Gasteiger partial charge in [-0.25, -0.2) is 4.98 Å². The Morgan fingerprint density at radius 2 is 1.94 bits per heavy atom. The number of aromatic nitrogens is 1. The predicted molar refractivity (Wildman–Crippen MR) is 69.9 cm³/mol. The van der Waals surface area contributed by atoms with Gasteiger partial charge in [0.05, 0.1) is 5.69 Å². The summed E-state index contributed by atoms with van der Waals surface area (Å²) in [5.41, 5.74) is 1.47. The van der Waals surface area contributed by atoms with E-state index < -0.39 is 0 Å². The highest BCUT2D eigenvalue weighted by Crippen LogP contribution is 2.29. The molecule has 1 aliphatic rings. The van der Waals surface area contributed by atoms with Gasteiger partial charge in [0.1, 0.15) is 5.76 Å². The highest BCUT2D eigenvalue weighted by Gasteiger charge is 2.21. The first kappa shape index (κ1) is 12.7. The third kappa shape index (κ3) is 3.86. The van der Waals surface area contributed by atoms with E-state index in [1.54, 1.807) is 6.39 Å². The summed E-state index contributed by atoms with van der Waals surface area (Å²) in [7, 11) is 0. The van der Waals surface area contributed by atoms with Crippen LogP contribution in [0.4, 0.5) is 0 Å². The van der Waals surface area contributed by atoms with Gasteiger partial charge in [-0.15, -0.1) is 0 Å². The summed E-state index contributed by atoms with van der Waals surface area (Å²) in [5, 5.41) is 0. The summed E-state index contributed by atoms with van der Waals surface area (Å²) in [6, 6.07) is 0. The van der Waals surface area contributed by atoms with Gasteiger partial charge in [0, 0.05) is 6.42 Å². The number of nitrogens with zero attached hydrogens (tertiary/aromatic N) is 1. The molecule has 96 valence electrons. The minimum absolute atomic E-state index is 0.290. The molecule has 2 nitrogen and oxygen atoms in total. The van der Waals surface area contributed by atoms with Crippen molar-refractivity contribution in [2.75, 3.05) is 0 Å². The van der Waals surface area contributed by atoms with Gasteiger partial charge in [0.15, 0.2) is 6.39 Å². The number of rotatable bonds is 3. The Hall–Kier alpha value is -0.790. The molecule has 0 aliphatic heterocycles. The van der Waals surface area contributed by atoms with Crippen LogP contribution < -0.4 is 0 Å². The molecule has 17 heavy (non-hydrogen) atoms. The van der Waals surface area contributed by atoms with Crippen LogP contribution in [0.25, 0.3) is 0 Å². The van der Waals surface area contributed by atoms with E-state index in [2.05, 4.69) is 25.8 Å². The minimum atomic E-state index is 0.290. The lowest BCUT2D eigenvalue weighted by Gasteiger charge is -2.21. The van der Waals surface area contributed by atoms with Crippen molar-refractivity contribution < 1.29 is 4.42 Å². The predicted octanol–water partition coefficient (Wildman–Crippen LogP) is 4.39. The SMILES string of the molecule is CC(C)(C)Cc1ncoc1CC1CCCCC1. The lowest BCUT2D eigenvalue weighted by atomic mass is 9.84. The van der Waals surface area contributed by atoms with Gasteiger partial charge in [-0.2, -0.15) is 0 Å². The molecule has 0 saturated heterocycles. The third-order valence-electron chi connectivity index (χ3n) is 3.62. The first-order valence-corrected chi connectivity index (χ1v) is 6.96. The molecule has 1 aromatic rings. The third-order valence-corrected chi connectivity index (χ3v) is 3.62. The average molecular weight is 235 g/mol. The number of hydrogen-bond donors (Lipinski definition) is 0. The van der Waals surface area contributed by atoms with E-state index in [1.807, 2.05) is 0 Å². The van der Waals surface area contributed by atoms with Crippen LogP contribution in [0.5, 0.6) is 0 Å². The quantitative estimate of drug-likeness (QED) is 0.776. The van der Waals surface area contributed by atoms with Gasteiger partial charge in [-0.1, -0.05) is 52.9 Å². The Balaban J connectivity index is 1.98. The summed E-state index contributed by atoms with van der Waals surface area (Å²) in [5.74, 6) is 1.97. The first-order valence-electron chi connectivity index (χ1n) is 6.96. The molecule has 0 atom stereocenters. The normalized spacial score (nSPS) is 18.5. The van der Waals surface area contributed by atoms with Crippen LogP contribution in [0.2, 0.25) is 0 Å². The van der Waals surface area contributed by atoms with Crippen molar-refractivity contribution in [3.8, 4) is 0 Å². The van der Waals surface area contributed by atoms with E-state index in [-0.39, 0.29) is 5.41 Å². The monoisotopic (exact) mass is 235 g/mol. The molecule has 0 bridgehead atoms. The Labute approximate surface area is 105 Å². The Kier molecular flexibility index (Phi) is 3.90. The zero-order chi connectivity index (χ0) is 12.3. The Bertz CT molecular complexity index is 342. The maximum Gasteiger partial charge on any atom is 0.181 e. The zero-order valence-electron chi connectivity index (χ0n) is 11.5. The van der Waals surface area contributed by atoms with E-state index in [0.29, 0.717) is 0 Å². The molecule has 2 heteroatoms. The van der Waals surface area contributed by atoms with Crippen molar-refractivity contribution in [2.24, 2.45) is 11.3 Å². The van der Waals surface area contributed by atoms with E-state index in [0.717, 1.165) is 24.5 Å². The maximum absolute atomic E-state index is 5.60. The summed E-state index contributed by atoms with van der Waals surface area (Å²) in [6.07, 6.45) is 10.7. The molecular formula is C15H25NO. The van der Waals surface area contributed by atoms with Crippen molar-refractivity contribution in [3.05, 3.63) is 17.8 Å². The fourth-order valence-electron chi connectivity index (χ4n) is 2.76. The maximum atomic E-state index is 5.60. The molecule has 1 aromatic heterocycles. The lowest BCUT2D eigenvalue weighted by Crippen LogP contribution is -2.13. The minimum Gasteiger partial charge on any atom is -0.448 e. The molecule has 1 saturated carbocycles. The molecule has 0 spiro atoms. The van der Waals surface area contributed by atoms with E-state index >= 15 is 0 Å². The summed E-state index contributed by atoms with van der Waals surface area (Å²) >= 11 is 0. The van der Waals surface area contributed by atoms with Crippen LogP contribution in [0.3, 0.4) is 0 Å². The Morgan fingerprint density at radius 1 is 1.24 bits per heavy atom. The lowest BCUT2D eigenvalue weighted by molar-refractivity contribution is 0.329. The van der Waals surface area contributed by atoms with E-state index in [1.165, 1.54) is 37.8 Å². The van der Waals surface area contributed by atoms with Gasteiger partial charge in [-0.3, -0.25) is 0 Å². The molecule has 0 radical (unpaired) electrons. The van der Waals surface area contributed by atoms with Crippen molar-refractivity contribution in [3.63, 3.8) is 0 Å². The molecule has 0 amide bonds. The standard InChI is InChI=1S/C15H25NO/c1-15(2,3)10-13-14(17-11-16-13)9-12-7-5-4-6-8-12/h11-12H,4-10H2,1-3H3. The number of hydrogen-bond acceptors (Lipinski definition) is 2. The second-order valence-electron chi connectivity index (χ2n) is 6.67. The topological polar surface area (TPSA) is 26.0 Å². The average Bonchev–Trinajstić information content (AvgIpc) is 2.65. The van der Waals surface area contributed by atoms with Crippen LogP contribution in [-0.2, 0) is 12.8 Å². The molecule has 0 N–H and O–H groups in total. The van der Waals surface area contributed by atoms with Crippen LogP contribution in [0.15, 0.2) is 10.8 Å². The van der Waals surface area contributed by atoms with Crippen LogP contribution >= 0.6 is 0 Å². The highest BCUT2D eigenvalue weighted by molar-refractivity contribution is 5.10. The Morgan fingerprint density at radius 3 is 2.59 bits per heavy atom. The van der Waals surface area contributed by atoms with Crippen molar-refractivity contribution in [1.82, 2.24) is 4.98 Å². The molecule has 0 unspecified atom stereocenters. The summed E-state index contributed by atoms with van der Waals surface area (Å²) < 4.78 is 5.60. The van der Waals surface area contributed by atoms with Crippen molar-refractivity contribution in [1.29, 1.82) is 0 Å². The van der Waals surface area contributed by atoms with Gasteiger partial charge in [0.25, 0.3) is 0 Å². The van der Waals surface area contributed by atoms with Gasteiger partial charge in [-0.05, 0) is 17.8 Å². The molecule has 0 aromatic carbocycles. The van der Waals surface area contributed by atoms with Crippen LogP contribution in [0.1, 0.15) is 64.3 Å². The van der Waals surface area contributed by atoms with E-state index in [9.17, 15) is 0 Å². The largest absolute Gasteiger partial charge is 0.448 e. The molecule has 2 rings (SSSR count). The van der Waals surface area contributed by atoms with Crippen LogP contribution in [-0.4, -0.2) is 4.98 Å². The van der Waals surface area contributed by atoms with E-state index in [4.69, 9.17) is 4.42 Å². The smallest absolute Gasteiger partial charge is 0.181 e. The fraction of sp³-hybridized carbons (Fsp3) is 0.800. The van der Waals surface area contributed by atoms with Gasteiger partial charge < -0.3 is 4.42 Å². The molecule has 1 fully saturated rings. The second kappa shape index (κ2) is 5.24. The second-order valence-corrected chi connectivity index (χ2v) is 6.67. The molecular weight excluding hydrogens is 210 g/mol. The summed E-state index contributed by atoms with van der Waals surface area (Å²) in [4.78, 5) is 4.40. The van der Waals surface area contributed by atoms with Gasteiger partial charge in [0.2, 0.25) is 0 Å². The van der Waals surface area contributed by atoms with Crippen molar-refractivity contribution >= 4 is 0 Å². The highest BCUT2D eigenvalue weighted by atomic mass is 16.3. The fourth-order valence-corrected chi connectivity index (χ4v) is 2.76. The first-order chi connectivity index (χ1) is 8.04. The van der Waals surface area contributed by atoms with Crippen LogP contribution in [0, 0.1) is 11.3 Å². The molecule has 1 aliphatic carbocycles.